The third kappa shape index (κ3) is 7.06. The van der Waals surface area contributed by atoms with E-state index in [-0.39, 0.29) is 13.1 Å². The van der Waals surface area contributed by atoms with Gasteiger partial charge in [0.25, 0.3) is 0 Å². The first-order valence-electron chi connectivity index (χ1n) is 10.1. The highest BCUT2D eigenvalue weighted by Crippen LogP contribution is 2.21. The first-order chi connectivity index (χ1) is 16.3. The van der Waals surface area contributed by atoms with Gasteiger partial charge in [-0.3, -0.25) is 19.2 Å². The van der Waals surface area contributed by atoms with Gasteiger partial charge in [0.05, 0.1) is 21.4 Å². The third-order valence-corrected chi connectivity index (χ3v) is 5.21. The van der Waals surface area contributed by atoms with E-state index in [1.807, 2.05) is 0 Å². The molecule has 0 aliphatic heterocycles. The average molecular weight is 499 g/mol. The lowest BCUT2D eigenvalue weighted by molar-refractivity contribution is -0.136. The van der Waals surface area contributed by atoms with Crippen molar-refractivity contribution in [2.24, 2.45) is 0 Å². The fourth-order valence-electron chi connectivity index (χ4n) is 2.86. The average Bonchev–Trinajstić information content (AvgIpc) is 2.84. The van der Waals surface area contributed by atoms with Crippen LogP contribution in [0.3, 0.4) is 0 Å². The summed E-state index contributed by atoms with van der Waals surface area (Å²) < 4.78 is 0. The SMILES string of the molecule is O=C(NCc1cccc(CNC(=O)C(=O)Nc2ccccc2Cl)c1)C(=O)Nc1ccccc1Cl. The van der Waals surface area contributed by atoms with Gasteiger partial charge in [0.2, 0.25) is 0 Å². The number of carbonyl (C=O) groups excluding carboxylic acids is 4. The predicted octanol–water partition coefficient (Wildman–Crippen LogP) is 3.50. The van der Waals surface area contributed by atoms with Crippen molar-refractivity contribution in [2.45, 2.75) is 13.1 Å². The highest BCUT2D eigenvalue weighted by molar-refractivity contribution is 6.42. The van der Waals surface area contributed by atoms with Gasteiger partial charge in [0.1, 0.15) is 0 Å². The lowest BCUT2D eigenvalue weighted by Gasteiger charge is -2.10. The maximum Gasteiger partial charge on any atom is 0.313 e. The molecule has 3 rings (SSSR count). The van der Waals surface area contributed by atoms with Crippen LogP contribution >= 0.6 is 23.2 Å². The van der Waals surface area contributed by atoms with E-state index < -0.39 is 23.6 Å². The molecule has 0 heterocycles. The van der Waals surface area contributed by atoms with E-state index in [1.165, 1.54) is 0 Å². The zero-order valence-corrected chi connectivity index (χ0v) is 19.2. The standard InChI is InChI=1S/C24H20Cl2N4O4/c25-17-8-1-3-10-19(17)29-23(33)21(31)27-13-15-6-5-7-16(12-15)14-28-22(32)24(34)30-20-11-4-2-9-18(20)26/h1-12H,13-14H2,(H,27,31)(H,28,32)(H,29,33)(H,30,34). The van der Waals surface area contributed by atoms with Gasteiger partial charge in [-0.1, -0.05) is 71.7 Å². The zero-order chi connectivity index (χ0) is 24.5. The molecule has 3 aromatic rings. The van der Waals surface area contributed by atoms with Crippen LogP contribution in [0, 0.1) is 0 Å². The Morgan fingerprint density at radius 3 is 1.38 bits per heavy atom. The molecule has 174 valence electrons. The summed E-state index contributed by atoms with van der Waals surface area (Å²) in [6.07, 6.45) is 0. The summed E-state index contributed by atoms with van der Waals surface area (Å²) >= 11 is 11.9. The zero-order valence-electron chi connectivity index (χ0n) is 17.7. The smallest absolute Gasteiger partial charge is 0.313 e. The Hall–Kier alpha value is -3.88. The molecule has 34 heavy (non-hydrogen) atoms. The molecule has 0 bridgehead atoms. The quantitative estimate of drug-likeness (QED) is 0.389. The van der Waals surface area contributed by atoms with Crippen LogP contribution in [0.1, 0.15) is 11.1 Å². The number of anilines is 2. The Labute approximate surface area is 205 Å². The highest BCUT2D eigenvalue weighted by atomic mass is 35.5. The second kappa shape index (κ2) is 11.8. The number of amides is 4. The summed E-state index contributed by atoms with van der Waals surface area (Å²) in [5.74, 6) is -3.34. The number of hydrogen-bond donors (Lipinski definition) is 4. The molecule has 0 atom stereocenters. The van der Waals surface area contributed by atoms with Gasteiger partial charge in [-0.05, 0) is 35.4 Å². The molecule has 10 heteroatoms. The van der Waals surface area contributed by atoms with Crippen molar-refractivity contribution in [1.82, 2.24) is 10.6 Å². The Morgan fingerprint density at radius 1 is 0.559 bits per heavy atom. The summed E-state index contributed by atoms with van der Waals surface area (Å²) in [4.78, 5) is 48.3. The van der Waals surface area contributed by atoms with Crippen molar-refractivity contribution < 1.29 is 19.2 Å². The minimum atomic E-state index is -0.846. The third-order valence-electron chi connectivity index (χ3n) is 4.55. The Balaban J connectivity index is 1.48. The van der Waals surface area contributed by atoms with Crippen molar-refractivity contribution in [3.05, 3.63) is 94.0 Å². The Bertz CT molecular complexity index is 1140. The Kier molecular flexibility index (Phi) is 8.61. The molecule has 0 fully saturated rings. The molecule has 0 aliphatic carbocycles. The van der Waals surface area contributed by atoms with E-state index >= 15 is 0 Å². The van der Waals surface area contributed by atoms with Gasteiger partial charge in [0, 0.05) is 13.1 Å². The van der Waals surface area contributed by atoms with Crippen LogP contribution in [0.4, 0.5) is 11.4 Å². The summed E-state index contributed by atoms with van der Waals surface area (Å²) in [5, 5.41) is 10.6. The fourth-order valence-corrected chi connectivity index (χ4v) is 3.22. The van der Waals surface area contributed by atoms with Crippen LogP contribution in [0.15, 0.2) is 72.8 Å². The van der Waals surface area contributed by atoms with Crippen molar-refractivity contribution in [3.63, 3.8) is 0 Å². The fraction of sp³-hybridized carbons (Fsp3) is 0.0833. The molecular formula is C24H20Cl2N4O4. The largest absolute Gasteiger partial charge is 0.344 e. The van der Waals surface area contributed by atoms with Crippen LogP contribution < -0.4 is 21.3 Å². The van der Waals surface area contributed by atoms with E-state index in [0.717, 1.165) is 0 Å². The lowest BCUT2D eigenvalue weighted by atomic mass is 10.1. The first-order valence-corrected chi connectivity index (χ1v) is 10.8. The molecule has 0 radical (unpaired) electrons. The maximum absolute atomic E-state index is 12.1. The number of nitrogens with one attached hydrogen (secondary N) is 4. The number of halogens is 2. The van der Waals surface area contributed by atoms with Crippen LogP contribution in [-0.4, -0.2) is 23.6 Å². The van der Waals surface area contributed by atoms with Gasteiger partial charge in [-0.25, -0.2) is 0 Å². The Morgan fingerprint density at radius 2 is 0.971 bits per heavy atom. The number of carbonyl (C=O) groups is 4. The van der Waals surface area contributed by atoms with Crippen LogP contribution in [0.5, 0.6) is 0 Å². The monoisotopic (exact) mass is 498 g/mol. The van der Waals surface area contributed by atoms with Crippen LogP contribution in [0.2, 0.25) is 10.0 Å². The number of benzene rings is 3. The first kappa shape index (κ1) is 24.8. The van der Waals surface area contributed by atoms with E-state index in [2.05, 4.69) is 21.3 Å². The van der Waals surface area contributed by atoms with Crippen LogP contribution in [0.25, 0.3) is 0 Å². The van der Waals surface area contributed by atoms with Gasteiger partial charge in [0.15, 0.2) is 0 Å². The van der Waals surface area contributed by atoms with Crippen molar-refractivity contribution in [1.29, 1.82) is 0 Å². The van der Waals surface area contributed by atoms with E-state index in [9.17, 15) is 19.2 Å². The van der Waals surface area contributed by atoms with Crippen LogP contribution in [-0.2, 0) is 32.3 Å². The molecule has 4 N–H and O–H groups in total. The van der Waals surface area contributed by atoms with Crippen molar-refractivity contribution in [3.8, 4) is 0 Å². The number of hydrogen-bond acceptors (Lipinski definition) is 4. The second-order valence-corrected chi connectivity index (χ2v) is 7.87. The normalized spacial score (nSPS) is 10.2. The summed E-state index contributed by atoms with van der Waals surface area (Å²) in [6.45, 7) is 0.174. The maximum atomic E-state index is 12.1. The molecule has 0 spiro atoms. The topological polar surface area (TPSA) is 116 Å². The molecular weight excluding hydrogens is 479 g/mol. The summed E-state index contributed by atoms with van der Waals surface area (Å²) in [5.41, 5.74) is 2.07. The van der Waals surface area contributed by atoms with E-state index in [0.29, 0.717) is 32.5 Å². The summed E-state index contributed by atoms with van der Waals surface area (Å²) in [7, 11) is 0. The molecule has 0 unspecified atom stereocenters. The van der Waals surface area contributed by atoms with E-state index in [1.54, 1.807) is 72.8 Å². The summed E-state index contributed by atoms with van der Waals surface area (Å²) in [6, 6.07) is 20.1. The second-order valence-electron chi connectivity index (χ2n) is 7.05. The molecule has 3 aromatic carbocycles. The molecule has 0 aromatic heterocycles. The van der Waals surface area contributed by atoms with E-state index in [4.69, 9.17) is 23.2 Å². The van der Waals surface area contributed by atoms with Crippen molar-refractivity contribution >= 4 is 58.2 Å². The predicted molar refractivity (Wildman–Crippen MR) is 130 cm³/mol. The molecule has 0 aliphatic rings. The number of rotatable bonds is 6. The molecule has 0 saturated carbocycles. The minimum Gasteiger partial charge on any atom is -0.344 e. The number of para-hydroxylation sites is 2. The molecule has 0 saturated heterocycles. The van der Waals surface area contributed by atoms with Gasteiger partial charge in [-0.2, -0.15) is 0 Å². The van der Waals surface area contributed by atoms with Gasteiger partial charge in [-0.15, -0.1) is 0 Å². The molecule has 8 nitrogen and oxygen atoms in total. The van der Waals surface area contributed by atoms with Gasteiger partial charge < -0.3 is 21.3 Å². The molecule has 4 amide bonds. The van der Waals surface area contributed by atoms with Gasteiger partial charge >= 0.3 is 23.6 Å². The lowest BCUT2D eigenvalue weighted by Crippen LogP contribution is -2.35. The minimum absolute atomic E-state index is 0.0869. The highest BCUT2D eigenvalue weighted by Gasteiger charge is 2.16. The van der Waals surface area contributed by atoms with Crippen molar-refractivity contribution in [2.75, 3.05) is 10.6 Å².